The predicted molar refractivity (Wildman–Crippen MR) is 82.0 cm³/mol. The van der Waals surface area contributed by atoms with E-state index in [0.717, 1.165) is 43.4 Å². The van der Waals surface area contributed by atoms with Gasteiger partial charge in [0.15, 0.2) is 0 Å². The molecule has 0 amide bonds. The zero-order valence-corrected chi connectivity index (χ0v) is 15.6. The normalized spacial score (nSPS) is 15.9. The van der Waals surface area contributed by atoms with Crippen molar-refractivity contribution in [3.05, 3.63) is 0 Å². The first-order chi connectivity index (χ1) is 11.0. The Morgan fingerprint density at radius 2 is 1.13 bits per heavy atom. The van der Waals surface area contributed by atoms with Gasteiger partial charge in [0.05, 0.1) is 25.7 Å². The number of quaternary nitrogens is 1. The number of hydrogen-bond acceptors (Lipinski definition) is 4. The zero-order chi connectivity index (χ0) is 17.6. The third-order valence-electron chi connectivity index (χ3n) is 4.63. The third kappa shape index (κ3) is 10.7. The van der Waals surface area contributed by atoms with Crippen LogP contribution in [0.1, 0.15) is 51.4 Å². The molecule has 1 aliphatic rings. The Hall–Kier alpha value is 0.274. The second kappa shape index (κ2) is 14.6. The van der Waals surface area contributed by atoms with E-state index in [9.17, 15) is 15.3 Å². The number of aliphatic hydroxyl groups excluding tert-OH is 3. The molecular formula is C15H34NO6Ti+. The topological polar surface area (TPSA) is 118 Å². The van der Waals surface area contributed by atoms with E-state index >= 15 is 0 Å². The van der Waals surface area contributed by atoms with Crippen LogP contribution in [0.4, 0.5) is 0 Å². The minimum absolute atomic E-state index is 0.241. The van der Waals surface area contributed by atoms with Crippen LogP contribution in [0, 0.1) is 0 Å². The molecule has 0 aromatic rings. The van der Waals surface area contributed by atoms with Crippen molar-refractivity contribution >= 4 is 0 Å². The van der Waals surface area contributed by atoms with E-state index in [2.05, 4.69) is 0 Å². The standard InChI is InChI=1S/C15H32NO3.2H2O.O.Ti/c17-12-4-9-16(10-5-13-18,11-6-14-19)15-7-2-1-3-8-15;;;;/h15,17-19H,1-14H2;2*1H2;;/q+1;;;;+2/p-2. The second-order valence-corrected chi connectivity index (χ2v) is 7.08. The summed E-state index contributed by atoms with van der Waals surface area (Å²) in [7, 11) is 0. The Bertz CT molecular complexity index is 274. The Kier molecular flexibility index (Phi) is 14.8. The van der Waals surface area contributed by atoms with Gasteiger partial charge >= 0.3 is 29.3 Å². The van der Waals surface area contributed by atoms with E-state index in [1.54, 1.807) is 0 Å². The molecule has 0 heterocycles. The van der Waals surface area contributed by atoms with E-state index in [-0.39, 0.29) is 19.8 Å². The summed E-state index contributed by atoms with van der Waals surface area (Å²) in [5, 5.41) is 27.5. The molecule has 0 bridgehead atoms. The fraction of sp³-hybridized carbons (Fsp3) is 1.00. The van der Waals surface area contributed by atoms with Crippen LogP contribution in [-0.2, 0) is 21.9 Å². The molecule has 0 spiro atoms. The number of hydrogen-bond donors (Lipinski definition) is 5. The Balaban J connectivity index is 0.00000108. The zero-order valence-electron chi connectivity index (χ0n) is 14.1. The van der Waals surface area contributed by atoms with Crippen LogP contribution in [0.5, 0.6) is 0 Å². The van der Waals surface area contributed by atoms with Gasteiger partial charge in [0.2, 0.25) is 0 Å². The Morgan fingerprint density at radius 3 is 1.43 bits per heavy atom. The van der Waals surface area contributed by atoms with Crippen LogP contribution in [0.25, 0.3) is 0 Å². The summed E-state index contributed by atoms with van der Waals surface area (Å²) in [6, 6.07) is 0.665. The predicted octanol–water partition coefficient (Wildman–Crippen LogP) is 0.0478. The molecule has 0 aliphatic heterocycles. The van der Waals surface area contributed by atoms with E-state index in [4.69, 9.17) is 10.7 Å². The van der Waals surface area contributed by atoms with Gasteiger partial charge in [-0.3, -0.25) is 0 Å². The molecule has 0 radical (unpaired) electrons. The summed E-state index contributed by atoms with van der Waals surface area (Å²) in [6.07, 6.45) is 8.97. The van der Waals surface area contributed by atoms with E-state index in [0.29, 0.717) is 6.04 Å². The summed E-state index contributed by atoms with van der Waals surface area (Å²) in [5.41, 5.74) is 0. The fourth-order valence-electron chi connectivity index (χ4n) is 3.67. The van der Waals surface area contributed by atoms with Crippen molar-refractivity contribution in [2.45, 2.75) is 57.4 Å². The molecule has 0 unspecified atom stereocenters. The van der Waals surface area contributed by atoms with Crippen LogP contribution < -0.4 is 0 Å². The molecule has 0 aromatic carbocycles. The SMILES string of the molecule is OCCC[N+](CCCO)(CCCO)C1CCCCC1.[O]=[Ti]([OH])[OH]. The fourth-order valence-corrected chi connectivity index (χ4v) is 3.67. The Morgan fingerprint density at radius 1 is 0.783 bits per heavy atom. The summed E-state index contributed by atoms with van der Waals surface area (Å²) >= 11 is -3.58. The number of nitrogens with zero attached hydrogens (tertiary/aromatic N) is 1. The molecule has 23 heavy (non-hydrogen) atoms. The first-order valence-electron chi connectivity index (χ1n) is 8.62. The first kappa shape index (κ1) is 23.3. The van der Waals surface area contributed by atoms with Crippen molar-refractivity contribution in [2.75, 3.05) is 39.5 Å². The molecule has 1 saturated carbocycles. The average molecular weight is 372 g/mol. The molecule has 7 nitrogen and oxygen atoms in total. The summed E-state index contributed by atoms with van der Waals surface area (Å²) in [5.74, 6) is 0. The summed E-state index contributed by atoms with van der Waals surface area (Å²) in [4.78, 5) is 0. The molecule has 1 rings (SSSR count). The molecule has 0 atom stereocenters. The van der Waals surface area contributed by atoms with Crippen molar-refractivity contribution in [3.63, 3.8) is 0 Å². The summed E-state index contributed by atoms with van der Waals surface area (Å²) in [6.45, 7) is 3.68. The second-order valence-electron chi connectivity index (χ2n) is 6.20. The quantitative estimate of drug-likeness (QED) is 0.273. The van der Waals surface area contributed by atoms with Crippen LogP contribution in [0.3, 0.4) is 0 Å². The van der Waals surface area contributed by atoms with Crippen molar-refractivity contribution in [2.24, 2.45) is 0 Å². The van der Waals surface area contributed by atoms with Crippen molar-refractivity contribution in [3.8, 4) is 0 Å². The molecule has 1 aliphatic carbocycles. The van der Waals surface area contributed by atoms with Crippen molar-refractivity contribution in [1.82, 2.24) is 0 Å². The van der Waals surface area contributed by atoms with Crippen molar-refractivity contribution in [1.29, 1.82) is 0 Å². The van der Waals surface area contributed by atoms with Gasteiger partial charge in [0.25, 0.3) is 0 Å². The minimum atomic E-state index is -3.58. The molecule has 1 fully saturated rings. The summed E-state index contributed by atoms with van der Waals surface area (Å²) < 4.78 is 24.3. The van der Waals surface area contributed by atoms with E-state index in [1.165, 1.54) is 32.1 Å². The third-order valence-corrected chi connectivity index (χ3v) is 4.63. The van der Waals surface area contributed by atoms with Crippen LogP contribution in [0.2, 0.25) is 0 Å². The van der Waals surface area contributed by atoms with Gasteiger partial charge in [-0.15, -0.1) is 0 Å². The molecular weight excluding hydrogens is 338 g/mol. The van der Waals surface area contributed by atoms with Gasteiger partial charge in [-0.2, -0.15) is 0 Å². The van der Waals surface area contributed by atoms with Crippen LogP contribution >= 0.6 is 0 Å². The van der Waals surface area contributed by atoms with Gasteiger partial charge in [-0.25, -0.2) is 0 Å². The maximum absolute atomic E-state index is 9.17. The van der Waals surface area contributed by atoms with Gasteiger partial charge < -0.3 is 19.8 Å². The molecule has 0 aromatic heterocycles. The van der Waals surface area contributed by atoms with Gasteiger partial charge in [-0.1, -0.05) is 6.42 Å². The Labute approximate surface area is 146 Å². The average Bonchev–Trinajstić information content (AvgIpc) is 2.55. The number of aliphatic hydroxyl groups is 3. The maximum atomic E-state index is 9.17. The molecule has 5 N–H and O–H groups in total. The van der Waals surface area contributed by atoms with E-state index in [1.807, 2.05) is 0 Å². The van der Waals surface area contributed by atoms with Crippen molar-refractivity contribution < 1.29 is 49.1 Å². The van der Waals surface area contributed by atoms with E-state index < -0.39 is 18.6 Å². The van der Waals surface area contributed by atoms with Gasteiger partial charge in [0, 0.05) is 39.1 Å². The number of rotatable bonds is 10. The molecule has 0 saturated heterocycles. The molecule has 8 heteroatoms. The monoisotopic (exact) mass is 372 g/mol. The van der Waals surface area contributed by atoms with Crippen LogP contribution in [0.15, 0.2) is 0 Å². The van der Waals surface area contributed by atoms with Gasteiger partial charge in [0.1, 0.15) is 0 Å². The van der Waals surface area contributed by atoms with Crippen LogP contribution in [-0.4, -0.2) is 72.7 Å². The first-order valence-corrected chi connectivity index (χ1v) is 10.7. The molecule has 138 valence electrons. The van der Waals surface area contributed by atoms with Gasteiger partial charge in [-0.05, 0) is 25.7 Å².